The van der Waals surface area contributed by atoms with Gasteiger partial charge < -0.3 is 10.8 Å². The van der Waals surface area contributed by atoms with E-state index in [0.29, 0.717) is 21.8 Å². The third-order valence-electron chi connectivity index (χ3n) is 3.34. The number of halogens is 2. The zero-order chi connectivity index (χ0) is 14.9. The highest BCUT2D eigenvalue weighted by molar-refractivity contribution is 9.11. The first-order chi connectivity index (χ1) is 9.31. The molecule has 1 aliphatic rings. The first-order valence-electron chi connectivity index (χ1n) is 6.26. The number of hydrogen-bond acceptors (Lipinski definition) is 4. The Kier molecular flexibility index (Phi) is 5.12. The first-order valence-corrected chi connectivity index (χ1v) is 9.33. The van der Waals surface area contributed by atoms with Gasteiger partial charge in [0.05, 0.1) is 11.8 Å². The molecule has 1 aromatic carbocycles. The average Bonchev–Trinajstić information content (AvgIpc) is 2.30. The predicted molar refractivity (Wildman–Crippen MR) is 84.8 cm³/mol. The third-order valence-corrected chi connectivity index (χ3v) is 6.29. The van der Waals surface area contributed by atoms with Gasteiger partial charge in [0.1, 0.15) is 4.90 Å². The van der Waals surface area contributed by atoms with Crippen molar-refractivity contribution >= 4 is 47.6 Å². The van der Waals surface area contributed by atoms with Crippen LogP contribution >= 0.6 is 31.9 Å². The summed E-state index contributed by atoms with van der Waals surface area (Å²) < 4.78 is 28.5. The number of anilines is 1. The number of aliphatic hydroxyl groups is 1. The van der Waals surface area contributed by atoms with Crippen LogP contribution in [-0.2, 0) is 10.0 Å². The molecular formula is C12H16Br2N2O3S. The quantitative estimate of drug-likeness (QED) is 0.645. The van der Waals surface area contributed by atoms with E-state index in [9.17, 15) is 13.5 Å². The predicted octanol–water partition coefficient (Wildman–Crippen LogP) is 2.38. The molecule has 5 nitrogen and oxygen atoms in total. The lowest BCUT2D eigenvalue weighted by Gasteiger charge is -2.28. The molecule has 0 aromatic heterocycles. The minimum absolute atomic E-state index is 0.0125. The number of benzene rings is 1. The van der Waals surface area contributed by atoms with Crippen molar-refractivity contribution < 1.29 is 13.5 Å². The van der Waals surface area contributed by atoms with Gasteiger partial charge >= 0.3 is 0 Å². The fourth-order valence-corrected chi connectivity index (χ4v) is 5.74. The summed E-state index contributed by atoms with van der Waals surface area (Å²) in [5.41, 5.74) is 5.96. The Morgan fingerprint density at radius 2 is 1.90 bits per heavy atom. The molecule has 0 spiro atoms. The van der Waals surface area contributed by atoms with Crippen molar-refractivity contribution in [3.63, 3.8) is 0 Å². The van der Waals surface area contributed by atoms with E-state index in [1.54, 1.807) is 6.07 Å². The Morgan fingerprint density at radius 1 is 1.25 bits per heavy atom. The fourth-order valence-electron chi connectivity index (χ4n) is 2.37. The largest absolute Gasteiger partial charge is 0.398 e. The van der Waals surface area contributed by atoms with E-state index in [0.717, 1.165) is 12.8 Å². The number of nitrogens with one attached hydrogen (secondary N) is 1. The van der Waals surface area contributed by atoms with Gasteiger partial charge in [0.15, 0.2) is 0 Å². The normalized spacial score (nSPS) is 23.8. The second kappa shape index (κ2) is 6.31. The Morgan fingerprint density at radius 3 is 2.50 bits per heavy atom. The molecule has 0 heterocycles. The maximum Gasteiger partial charge on any atom is 0.244 e. The molecule has 1 aliphatic carbocycles. The lowest BCUT2D eigenvalue weighted by atomic mass is 9.93. The second-order valence-electron chi connectivity index (χ2n) is 4.89. The maximum atomic E-state index is 12.5. The van der Waals surface area contributed by atoms with Crippen LogP contribution in [0.1, 0.15) is 25.7 Å². The molecule has 1 saturated carbocycles. The molecular weight excluding hydrogens is 412 g/mol. The topological polar surface area (TPSA) is 92.4 Å². The number of sulfonamides is 1. The smallest absolute Gasteiger partial charge is 0.244 e. The van der Waals surface area contributed by atoms with Crippen LogP contribution in [0.25, 0.3) is 0 Å². The summed E-state index contributed by atoms with van der Waals surface area (Å²) in [5, 5.41) is 9.88. The standard InChI is InChI=1S/C12H16Br2N2O3S/c13-7-5-8(14)12(9(15)6-7)20(18,19)16-10-3-1-2-4-11(10)17/h5-6,10-11,16-17H,1-4,15H2/t10-,11-/m1/s1. The number of nitrogens with two attached hydrogens (primary N) is 1. The van der Waals surface area contributed by atoms with Gasteiger partial charge in [0.2, 0.25) is 10.0 Å². The molecule has 8 heteroatoms. The van der Waals surface area contributed by atoms with Crippen molar-refractivity contribution in [1.29, 1.82) is 0 Å². The maximum absolute atomic E-state index is 12.5. The highest BCUT2D eigenvalue weighted by atomic mass is 79.9. The van der Waals surface area contributed by atoms with E-state index in [2.05, 4.69) is 36.6 Å². The summed E-state index contributed by atoms with van der Waals surface area (Å²) in [7, 11) is -3.77. The van der Waals surface area contributed by atoms with E-state index >= 15 is 0 Å². The van der Waals surface area contributed by atoms with E-state index < -0.39 is 22.2 Å². The van der Waals surface area contributed by atoms with Gasteiger partial charge in [-0.2, -0.15) is 0 Å². The number of nitrogen functional groups attached to an aromatic ring is 1. The second-order valence-corrected chi connectivity index (χ2v) is 8.31. The minimum atomic E-state index is -3.77. The van der Waals surface area contributed by atoms with Gasteiger partial charge in [-0.15, -0.1) is 0 Å². The molecule has 0 unspecified atom stereocenters. The summed E-state index contributed by atoms with van der Waals surface area (Å²) in [6.07, 6.45) is 2.43. The lowest BCUT2D eigenvalue weighted by molar-refractivity contribution is 0.101. The van der Waals surface area contributed by atoms with E-state index in [4.69, 9.17) is 5.73 Å². The molecule has 4 N–H and O–H groups in total. The van der Waals surface area contributed by atoms with Crippen LogP contribution in [0.4, 0.5) is 5.69 Å². The van der Waals surface area contributed by atoms with Crippen molar-refractivity contribution in [3.8, 4) is 0 Å². The Balaban J connectivity index is 2.31. The van der Waals surface area contributed by atoms with Crippen LogP contribution in [0.2, 0.25) is 0 Å². The molecule has 1 aromatic rings. The number of rotatable bonds is 3. The minimum Gasteiger partial charge on any atom is -0.398 e. The Hall–Kier alpha value is -0.150. The van der Waals surface area contributed by atoms with Gasteiger partial charge in [0, 0.05) is 15.0 Å². The molecule has 0 bridgehead atoms. The summed E-state index contributed by atoms with van der Waals surface area (Å²) >= 11 is 6.48. The van der Waals surface area contributed by atoms with Crippen molar-refractivity contribution in [1.82, 2.24) is 4.72 Å². The number of hydrogen-bond donors (Lipinski definition) is 3. The average molecular weight is 428 g/mol. The van der Waals surface area contributed by atoms with E-state index in [1.807, 2.05) is 0 Å². The molecule has 0 amide bonds. The van der Waals surface area contributed by atoms with E-state index in [-0.39, 0.29) is 10.6 Å². The van der Waals surface area contributed by atoms with Crippen LogP contribution in [0.5, 0.6) is 0 Å². The van der Waals surface area contributed by atoms with Crippen molar-refractivity contribution in [3.05, 3.63) is 21.1 Å². The molecule has 112 valence electrons. The molecule has 20 heavy (non-hydrogen) atoms. The molecule has 0 aliphatic heterocycles. The van der Waals surface area contributed by atoms with Crippen LogP contribution in [0, 0.1) is 0 Å². The molecule has 2 rings (SSSR count). The van der Waals surface area contributed by atoms with E-state index in [1.165, 1.54) is 6.07 Å². The summed E-state index contributed by atoms with van der Waals surface area (Å²) in [6, 6.07) is 2.71. The Labute approximate surface area is 135 Å². The molecule has 2 atom stereocenters. The van der Waals surface area contributed by atoms with Crippen molar-refractivity contribution in [2.24, 2.45) is 0 Å². The van der Waals surface area contributed by atoms with Gasteiger partial charge in [0.25, 0.3) is 0 Å². The SMILES string of the molecule is Nc1cc(Br)cc(Br)c1S(=O)(=O)N[C@@H]1CCCC[C@H]1O. The van der Waals surface area contributed by atoms with Gasteiger partial charge in [-0.05, 0) is 40.9 Å². The zero-order valence-corrected chi connectivity index (χ0v) is 14.6. The van der Waals surface area contributed by atoms with Crippen molar-refractivity contribution in [2.75, 3.05) is 5.73 Å². The lowest BCUT2D eigenvalue weighted by Crippen LogP contribution is -2.45. The Bertz CT molecular complexity index is 584. The van der Waals surface area contributed by atoms with Crippen LogP contribution in [0.15, 0.2) is 26.0 Å². The number of aliphatic hydroxyl groups excluding tert-OH is 1. The fraction of sp³-hybridized carbons (Fsp3) is 0.500. The zero-order valence-electron chi connectivity index (χ0n) is 10.6. The first kappa shape index (κ1) is 16.2. The summed E-state index contributed by atoms with van der Waals surface area (Å²) in [4.78, 5) is 0.0125. The van der Waals surface area contributed by atoms with Crippen LogP contribution < -0.4 is 10.5 Å². The highest BCUT2D eigenvalue weighted by Crippen LogP contribution is 2.32. The highest BCUT2D eigenvalue weighted by Gasteiger charge is 2.30. The van der Waals surface area contributed by atoms with Gasteiger partial charge in [-0.25, -0.2) is 13.1 Å². The van der Waals surface area contributed by atoms with Crippen LogP contribution in [-0.4, -0.2) is 25.7 Å². The monoisotopic (exact) mass is 426 g/mol. The summed E-state index contributed by atoms with van der Waals surface area (Å²) in [5.74, 6) is 0. The van der Waals surface area contributed by atoms with Gasteiger partial charge in [-0.3, -0.25) is 0 Å². The van der Waals surface area contributed by atoms with Crippen molar-refractivity contribution in [2.45, 2.75) is 42.7 Å². The van der Waals surface area contributed by atoms with Crippen LogP contribution in [0.3, 0.4) is 0 Å². The van der Waals surface area contributed by atoms with Gasteiger partial charge in [-0.1, -0.05) is 28.8 Å². The summed E-state index contributed by atoms with van der Waals surface area (Å²) in [6.45, 7) is 0. The molecule has 1 fully saturated rings. The molecule has 0 saturated heterocycles. The molecule has 0 radical (unpaired) electrons. The third kappa shape index (κ3) is 3.54.